The fraction of sp³-hybridized carbons (Fsp3) is 0.167. The molecule has 0 aliphatic rings. The van der Waals surface area contributed by atoms with Gasteiger partial charge in [-0.2, -0.15) is 0 Å². The molecule has 1 aromatic rings. The van der Waals surface area contributed by atoms with Gasteiger partial charge in [0.25, 0.3) is 16.4 Å². The van der Waals surface area contributed by atoms with Crippen LogP contribution in [0.5, 0.6) is 0 Å². The highest BCUT2D eigenvalue weighted by atomic mass is 32.2. The van der Waals surface area contributed by atoms with Crippen molar-refractivity contribution in [1.82, 2.24) is 4.98 Å². The van der Waals surface area contributed by atoms with Crippen molar-refractivity contribution in [2.75, 3.05) is 5.73 Å². The second-order valence-electron chi connectivity index (χ2n) is 2.50. The van der Waals surface area contributed by atoms with Crippen molar-refractivity contribution in [3.05, 3.63) is 17.8 Å². The Morgan fingerprint density at radius 1 is 1.43 bits per heavy atom. The summed E-state index contributed by atoms with van der Waals surface area (Å²) in [6, 6.07) is 0.802. The van der Waals surface area contributed by atoms with Crippen molar-refractivity contribution in [1.29, 1.82) is 0 Å². The predicted octanol–water partition coefficient (Wildman–Crippen LogP) is 0.249. The minimum Gasteiger partial charge on any atom is -0.398 e. The molecule has 0 spiro atoms. The Labute approximate surface area is 78.8 Å². The van der Waals surface area contributed by atoms with Crippen molar-refractivity contribution in [3.63, 3.8) is 0 Å². The molecule has 8 heteroatoms. The lowest BCUT2D eigenvalue weighted by atomic mass is 10.2. The van der Waals surface area contributed by atoms with Crippen LogP contribution in [0.1, 0.15) is 12.0 Å². The molecule has 0 aromatic carbocycles. The maximum atomic E-state index is 12.2. The zero-order chi connectivity index (χ0) is 10.9. The van der Waals surface area contributed by atoms with E-state index >= 15 is 0 Å². The molecule has 78 valence electrons. The SMILES string of the molecule is Nc1cc(S(N)(=O)=O)ncc1C(F)F. The van der Waals surface area contributed by atoms with Crippen LogP contribution in [0.2, 0.25) is 0 Å². The number of hydrogen-bond acceptors (Lipinski definition) is 4. The summed E-state index contributed by atoms with van der Waals surface area (Å²) >= 11 is 0. The predicted molar refractivity (Wildman–Crippen MR) is 45.0 cm³/mol. The molecule has 0 aliphatic heterocycles. The first kappa shape index (κ1) is 10.8. The van der Waals surface area contributed by atoms with Gasteiger partial charge in [0.2, 0.25) is 0 Å². The van der Waals surface area contributed by atoms with Crippen LogP contribution in [-0.2, 0) is 10.0 Å². The summed E-state index contributed by atoms with van der Waals surface area (Å²) in [6.07, 6.45) is -2.10. The highest BCUT2D eigenvalue weighted by molar-refractivity contribution is 7.89. The van der Waals surface area contributed by atoms with Crippen molar-refractivity contribution in [2.45, 2.75) is 11.5 Å². The Morgan fingerprint density at radius 2 is 2.00 bits per heavy atom. The van der Waals surface area contributed by atoms with E-state index in [1.807, 2.05) is 0 Å². The summed E-state index contributed by atoms with van der Waals surface area (Å²) in [6.45, 7) is 0. The Morgan fingerprint density at radius 3 is 2.36 bits per heavy atom. The molecule has 0 bridgehead atoms. The fourth-order valence-corrected chi connectivity index (χ4v) is 1.29. The van der Waals surface area contributed by atoms with Crippen LogP contribution in [0.4, 0.5) is 14.5 Å². The first-order valence-corrected chi connectivity index (χ1v) is 4.93. The molecule has 5 nitrogen and oxygen atoms in total. The standard InChI is InChI=1S/C6H7F2N3O2S/c7-6(8)3-2-11-5(1-4(3)9)14(10,12)13/h1-2,6H,(H2,9,11)(H2,10,12,13). The Kier molecular flexibility index (Phi) is 2.67. The minimum atomic E-state index is -4.00. The fourth-order valence-electron chi connectivity index (χ4n) is 0.799. The minimum absolute atomic E-state index is 0.348. The maximum Gasteiger partial charge on any atom is 0.267 e. The van der Waals surface area contributed by atoms with Gasteiger partial charge >= 0.3 is 0 Å². The average Bonchev–Trinajstić information content (AvgIpc) is 2.01. The molecular formula is C6H7F2N3O2S. The third-order valence-electron chi connectivity index (χ3n) is 1.47. The molecule has 0 radical (unpaired) electrons. The molecular weight excluding hydrogens is 216 g/mol. The topological polar surface area (TPSA) is 99.1 Å². The van der Waals surface area contributed by atoms with Crippen LogP contribution in [0, 0.1) is 0 Å². The first-order chi connectivity index (χ1) is 6.32. The normalized spacial score (nSPS) is 12.0. The Bertz CT molecular complexity index is 446. The van der Waals surface area contributed by atoms with E-state index in [4.69, 9.17) is 10.9 Å². The molecule has 0 atom stereocenters. The number of halogens is 2. The number of hydrogen-bond donors (Lipinski definition) is 2. The zero-order valence-corrected chi connectivity index (χ0v) is 7.63. The molecule has 1 rings (SSSR count). The smallest absolute Gasteiger partial charge is 0.267 e. The van der Waals surface area contributed by atoms with Crippen LogP contribution in [0.15, 0.2) is 17.3 Å². The van der Waals surface area contributed by atoms with Gasteiger partial charge in [-0.15, -0.1) is 0 Å². The lowest BCUT2D eigenvalue weighted by molar-refractivity contribution is 0.151. The number of nitrogens with zero attached hydrogens (tertiary/aromatic N) is 1. The Hall–Kier alpha value is -1.28. The first-order valence-electron chi connectivity index (χ1n) is 3.38. The largest absolute Gasteiger partial charge is 0.398 e. The number of primary sulfonamides is 1. The quantitative estimate of drug-likeness (QED) is 0.750. The third kappa shape index (κ3) is 2.15. The second kappa shape index (κ2) is 3.46. The Balaban J connectivity index is 3.27. The van der Waals surface area contributed by atoms with E-state index in [1.54, 1.807) is 0 Å². The van der Waals surface area contributed by atoms with Gasteiger partial charge in [-0.25, -0.2) is 27.3 Å². The summed E-state index contributed by atoms with van der Waals surface area (Å²) in [7, 11) is -4.00. The van der Waals surface area contributed by atoms with Gasteiger partial charge in [-0.3, -0.25) is 0 Å². The number of rotatable bonds is 2. The molecule has 4 N–H and O–H groups in total. The third-order valence-corrected chi connectivity index (χ3v) is 2.28. The molecule has 0 aliphatic carbocycles. The van der Waals surface area contributed by atoms with E-state index in [1.165, 1.54) is 0 Å². The molecule has 0 saturated carbocycles. The molecule has 0 saturated heterocycles. The molecule has 14 heavy (non-hydrogen) atoms. The zero-order valence-electron chi connectivity index (χ0n) is 6.81. The summed E-state index contributed by atoms with van der Waals surface area (Å²) in [5, 5.41) is 4.19. The molecule has 0 fully saturated rings. The summed E-state index contributed by atoms with van der Waals surface area (Å²) < 4.78 is 45.8. The van der Waals surface area contributed by atoms with Gasteiger partial charge in [-0.05, 0) is 0 Å². The maximum absolute atomic E-state index is 12.2. The van der Waals surface area contributed by atoms with E-state index in [9.17, 15) is 17.2 Å². The highest BCUT2D eigenvalue weighted by Gasteiger charge is 2.16. The highest BCUT2D eigenvalue weighted by Crippen LogP contribution is 2.24. The lowest BCUT2D eigenvalue weighted by Crippen LogP contribution is -2.14. The van der Waals surface area contributed by atoms with E-state index in [0.717, 1.165) is 6.07 Å². The van der Waals surface area contributed by atoms with Crippen LogP contribution in [0.3, 0.4) is 0 Å². The summed E-state index contributed by atoms with van der Waals surface area (Å²) in [5.41, 5.74) is 4.31. The van der Waals surface area contributed by atoms with Crippen LogP contribution in [0.25, 0.3) is 0 Å². The van der Waals surface area contributed by atoms with Gasteiger partial charge < -0.3 is 5.73 Å². The van der Waals surface area contributed by atoms with E-state index in [-0.39, 0.29) is 5.69 Å². The van der Waals surface area contributed by atoms with Crippen LogP contribution >= 0.6 is 0 Å². The summed E-state index contributed by atoms with van der Waals surface area (Å²) in [4.78, 5) is 3.26. The second-order valence-corrected chi connectivity index (χ2v) is 4.01. The molecule has 1 heterocycles. The van der Waals surface area contributed by atoms with Crippen molar-refractivity contribution in [3.8, 4) is 0 Å². The molecule has 1 aromatic heterocycles. The van der Waals surface area contributed by atoms with Crippen molar-refractivity contribution < 1.29 is 17.2 Å². The van der Waals surface area contributed by atoms with E-state index < -0.39 is 27.0 Å². The number of aromatic nitrogens is 1. The van der Waals surface area contributed by atoms with E-state index in [2.05, 4.69) is 4.98 Å². The van der Waals surface area contributed by atoms with Gasteiger partial charge in [0, 0.05) is 18.0 Å². The number of nitrogen functional groups attached to an aromatic ring is 1. The summed E-state index contributed by atoms with van der Waals surface area (Å²) in [5.74, 6) is 0. The number of alkyl halides is 2. The number of nitrogens with two attached hydrogens (primary N) is 2. The molecule has 0 unspecified atom stereocenters. The lowest BCUT2D eigenvalue weighted by Gasteiger charge is -2.04. The van der Waals surface area contributed by atoms with Gasteiger partial charge in [0.05, 0.1) is 5.56 Å². The van der Waals surface area contributed by atoms with Crippen molar-refractivity contribution in [2.24, 2.45) is 5.14 Å². The van der Waals surface area contributed by atoms with Crippen LogP contribution < -0.4 is 10.9 Å². The van der Waals surface area contributed by atoms with Gasteiger partial charge in [0.15, 0.2) is 5.03 Å². The van der Waals surface area contributed by atoms with Crippen molar-refractivity contribution >= 4 is 15.7 Å². The average molecular weight is 223 g/mol. The number of sulfonamides is 1. The monoisotopic (exact) mass is 223 g/mol. The molecule has 0 amide bonds. The van der Waals surface area contributed by atoms with Crippen LogP contribution in [-0.4, -0.2) is 13.4 Å². The number of anilines is 1. The van der Waals surface area contributed by atoms with E-state index in [0.29, 0.717) is 6.20 Å². The number of pyridine rings is 1. The van der Waals surface area contributed by atoms with Gasteiger partial charge in [0.1, 0.15) is 0 Å². The van der Waals surface area contributed by atoms with Gasteiger partial charge in [-0.1, -0.05) is 0 Å².